The Morgan fingerprint density at radius 2 is 2.00 bits per heavy atom. The number of H-pyrrole nitrogens is 1. The third-order valence-corrected chi connectivity index (χ3v) is 2.37. The maximum atomic E-state index is 12.4. The zero-order chi connectivity index (χ0) is 11.8. The van der Waals surface area contributed by atoms with Crippen LogP contribution in [0.15, 0.2) is 24.3 Å². The van der Waals surface area contributed by atoms with Gasteiger partial charge in [0.15, 0.2) is 0 Å². The molecule has 0 radical (unpaired) electrons. The molecule has 0 saturated heterocycles. The lowest BCUT2D eigenvalue weighted by Crippen LogP contribution is -2.04. The molecule has 2 rings (SSSR count). The Kier molecular flexibility index (Phi) is 2.63. The summed E-state index contributed by atoms with van der Waals surface area (Å²) in [5.74, 6) is 0. The molecule has 16 heavy (non-hydrogen) atoms. The Hall–Kier alpha value is -1.49. The van der Waals surface area contributed by atoms with Gasteiger partial charge in [-0.3, -0.25) is 0 Å². The fourth-order valence-electron chi connectivity index (χ4n) is 1.65. The molecule has 1 aromatic heterocycles. The molecule has 86 valence electrons. The molecule has 2 nitrogen and oxygen atoms in total. The molecule has 0 aliphatic carbocycles. The number of hydrogen-bond donors (Lipinski definition) is 2. The Balaban J connectivity index is 2.46. The van der Waals surface area contributed by atoms with Gasteiger partial charge >= 0.3 is 6.18 Å². The molecule has 0 bridgehead atoms. The number of hydrogen-bond acceptors (Lipinski definition) is 1. The van der Waals surface area contributed by atoms with Gasteiger partial charge in [0.2, 0.25) is 0 Å². The summed E-state index contributed by atoms with van der Waals surface area (Å²) in [5.41, 5.74) is 0.977. The summed E-state index contributed by atoms with van der Waals surface area (Å²) in [6, 6.07) is 5.42. The van der Waals surface area contributed by atoms with Crippen LogP contribution in [0.25, 0.3) is 10.9 Å². The second-order valence-corrected chi connectivity index (χ2v) is 3.62. The van der Waals surface area contributed by atoms with E-state index in [0.717, 1.165) is 23.3 Å². The summed E-state index contributed by atoms with van der Waals surface area (Å²) >= 11 is 0. The van der Waals surface area contributed by atoms with Crippen LogP contribution in [-0.4, -0.2) is 12.0 Å². The van der Waals surface area contributed by atoms with Crippen LogP contribution in [0.1, 0.15) is 11.3 Å². The Morgan fingerprint density at radius 3 is 2.62 bits per heavy atom. The summed E-state index contributed by atoms with van der Waals surface area (Å²) in [6.45, 7) is 0.607. The van der Waals surface area contributed by atoms with Crippen LogP contribution in [-0.2, 0) is 12.7 Å². The number of benzene rings is 1. The molecule has 1 aromatic carbocycles. The number of fused-ring (bicyclic) bond motifs is 1. The van der Waals surface area contributed by atoms with Crippen molar-refractivity contribution in [3.63, 3.8) is 0 Å². The minimum absolute atomic E-state index is 0.583. The first-order valence-electron chi connectivity index (χ1n) is 4.84. The quantitative estimate of drug-likeness (QED) is 0.812. The number of aromatic nitrogens is 1. The maximum Gasteiger partial charge on any atom is 0.416 e. The molecule has 0 saturated carbocycles. The van der Waals surface area contributed by atoms with Crippen LogP contribution in [0.5, 0.6) is 0 Å². The topological polar surface area (TPSA) is 27.8 Å². The second-order valence-electron chi connectivity index (χ2n) is 3.62. The van der Waals surface area contributed by atoms with E-state index in [-0.39, 0.29) is 0 Å². The van der Waals surface area contributed by atoms with Gasteiger partial charge in [0.05, 0.1) is 5.56 Å². The number of nitrogens with one attached hydrogen (secondary N) is 2. The van der Waals surface area contributed by atoms with Gasteiger partial charge in [-0.15, -0.1) is 0 Å². The zero-order valence-electron chi connectivity index (χ0n) is 8.65. The Morgan fingerprint density at radius 1 is 1.25 bits per heavy atom. The van der Waals surface area contributed by atoms with Crippen molar-refractivity contribution in [1.82, 2.24) is 10.3 Å². The lowest BCUT2D eigenvalue weighted by molar-refractivity contribution is -0.137. The van der Waals surface area contributed by atoms with Gasteiger partial charge in [-0.2, -0.15) is 13.2 Å². The fraction of sp³-hybridized carbons (Fsp3) is 0.273. The predicted molar refractivity (Wildman–Crippen MR) is 56.1 cm³/mol. The molecule has 0 aliphatic heterocycles. The molecule has 0 unspecified atom stereocenters. The second kappa shape index (κ2) is 3.83. The van der Waals surface area contributed by atoms with Crippen LogP contribution in [0.3, 0.4) is 0 Å². The van der Waals surface area contributed by atoms with Crippen molar-refractivity contribution in [2.24, 2.45) is 0 Å². The highest BCUT2D eigenvalue weighted by molar-refractivity contribution is 5.81. The van der Waals surface area contributed by atoms with Gasteiger partial charge in [-0.1, -0.05) is 0 Å². The first-order valence-corrected chi connectivity index (χ1v) is 4.84. The van der Waals surface area contributed by atoms with Gasteiger partial charge in [0, 0.05) is 23.1 Å². The number of rotatable bonds is 2. The highest BCUT2D eigenvalue weighted by Crippen LogP contribution is 2.31. The van der Waals surface area contributed by atoms with Crippen molar-refractivity contribution in [2.75, 3.05) is 7.05 Å². The standard InChI is InChI=1S/C11H11F3N2/c1-15-6-9-5-7-4-8(11(12,13)14)2-3-10(7)16-9/h2-5,15-16H,6H2,1H3. The number of halogens is 3. The molecule has 2 N–H and O–H groups in total. The molecule has 2 aromatic rings. The van der Waals surface area contributed by atoms with Crippen LogP contribution in [0, 0.1) is 0 Å². The molecule has 0 aliphatic rings. The normalized spacial score (nSPS) is 12.2. The van der Waals surface area contributed by atoms with E-state index in [0.29, 0.717) is 11.9 Å². The smallest absolute Gasteiger partial charge is 0.357 e. The van der Waals surface area contributed by atoms with Gasteiger partial charge < -0.3 is 10.3 Å². The lowest BCUT2D eigenvalue weighted by atomic mass is 10.1. The molecule has 0 amide bonds. The van der Waals surface area contributed by atoms with Gasteiger partial charge in [-0.25, -0.2) is 0 Å². The van der Waals surface area contributed by atoms with Gasteiger partial charge in [0.25, 0.3) is 0 Å². The largest absolute Gasteiger partial charge is 0.416 e. The third kappa shape index (κ3) is 2.04. The molecular weight excluding hydrogens is 217 g/mol. The summed E-state index contributed by atoms with van der Waals surface area (Å²) in [6.07, 6.45) is -4.28. The first kappa shape index (κ1) is 11.0. The molecule has 0 fully saturated rings. The lowest BCUT2D eigenvalue weighted by Gasteiger charge is -2.05. The third-order valence-electron chi connectivity index (χ3n) is 2.37. The van der Waals surface area contributed by atoms with Crippen LogP contribution in [0.4, 0.5) is 13.2 Å². The van der Waals surface area contributed by atoms with Crippen molar-refractivity contribution in [3.8, 4) is 0 Å². The Bertz CT molecular complexity index is 499. The molecule has 0 spiro atoms. The van der Waals surface area contributed by atoms with Crippen LogP contribution in [0.2, 0.25) is 0 Å². The Labute approximate surface area is 90.5 Å². The van der Waals surface area contributed by atoms with Crippen molar-refractivity contribution >= 4 is 10.9 Å². The fourth-order valence-corrected chi connectivity index (χ4v) is 1.65. The summed E-state index contributed by atoms with van der Waals surface area (Å²) in [7, 11) is 1.78. The number of aromatic amines is 1. The summed E-state index contributed by atoms with van der Waals surface area (Å²) in [4.78, 5) is 3.05. The van der Waals surface area contributed by atoms with Crippen molar-refractivity contribution in [2.45, 2.75) is 12.7 Å². The van der Waals surface area contributed by atoms with Gasteiger partial charge in [-0.05, 0) is 31.3 Å². The first-order chi connectivity index (χ1) is 7.50. The van der Waals surface area contributed by atoms with E-state index in [9.17, 15) is 13.2 Å². The van der Waals surface area contributed by atoms with E-state index >= 15 is 0 Å². The van der Waals surface area contributed by atoms with E-state index < -0.39 is 11.7 Å². The average Bonchev–Trinajstić information content (AvgIpc) is 2.57. The maximum absolute atomic E-state index is 12.4. The van der Waals surface area contributed by atoms with Gasteiger partial charge in [0.1, 0.15) is 0 Å². The van der Waals surface area contributed by atoms with E-state index in [2.05, 4.69) is 10.3 Å². The molecule has 0 atom stereocenters. The minimum atomic E-state index is -4.28. The zero-order valence-corrected chi connectivity index (χ0v) is 8.65. The summed E-state index contributed by atoms with van der Waals surface area (Å²) in [5, 5.41) is 3.52. The highest BCUT2D eigenvalue weighted by atomic mass is 19.4. The van der Waals surface area contributed by atoms with Crippen LogP contribution < -0.4 is 5.32 Å². The van der Waals surface area contributed by atoms with Crippen LogP contribution >= 0.6 is 0 Å². The number of alkyl halides is 3. The van der Waals surface area contributed by atoms with Crippen molar-refractivity contribution in [1.29, 1.82) is 0 Å². The molecule has 1 heterocycles. The van der Waals surface area contributed by atoms with Crippen molar-refractivity contribution in [3.05, 3.63) is 35.5 Å². The van der Waals surface area contributed by atoms with E-state index in [1.54, 1.807) is 13.1 Å². The molecular formula is C11H11F3N2. The minimum Gasteiger partial charge on any atom is -0.357 e. The van der Waals surface area contributed by atoms with E-state index in [1.165, 1.54) is 6.07 Å². The highest BCUT2D eigenvalue weighted by Gasteiger charge is 2.30. The van der Waals surface area contributed by atoms with Crippen molar-refractivity contribution < 1.29 is 13.2 Å². The molecule has 5 heteroatoms. The monoisotopic (exact) mass is 228 g/mol. The SMILES string of the molecule is CNCc1cc2cc(C(F)(F)F)ccc2[nH]1. The summed E-state index contributed by atoms with van der Waals surface area (Å²) < 4.78 is 37.3. The van der Waals surface area contributed by atoms with E-state index in [1.807, 2.05) is 0 Å². The van der Waals surface area contributed by atoms with E-state index in [4.69, 9.17) is 0 Å². The average molecular weight is 228 g/mol. The predicted octanol–water partition coefficient (Wildman–Crippen LogP) is 2.91.